The Hall–Kier alpha value is -1.14. The highest BCUT2D eigenvalue weighted by molar-refractivity contribution is 5.27. The first kappa shape index (κ1) is 17.9. The van der Waals surface area contributed by atoms with Crippen molar-refractivity contribution in [3.05, 3.63) is 29.8 Å². The summed E-state index contributed by atoms with van der Waals surface area (Å²) in [5.74, 6) is 1.45. The van der Waals surface area contributed by atoms with E-state index in [0.29, 0.717) is 19.1 Å². The van der Waals surface area contributed by atoms with Gasteiger partial charge in [0, 0.05) is 6.54 Å². The number of hydrogen-bond donors (Lipinski definition) is 4. The molecule has 5 heteroatoms. The van der Waals surface area contributed by atoms with Crippen molar-refractivity contribution in [2.24, 2.45) is 5.92 Å². The van der Waals surface area contributed by atoms with Gasteiger partial charge in [0.25, 0.3) is 0 Å². The van der Waals surface area contributed by atoms with Crippen molar-refractivity contribution in [3.63, 3.8) is 0 Å². The monoisotopic (exact) mass is 297 g/mol. The van der Waals surface area contributed by atoms with Gasteiger partial charge in [-0.05, 0) is 30.0 Å². The lowest BCUT2D eigenvalue weighted by molar-refractivity contribution is 0.0414. The summed E-state index contributed by atoms with van der Waals surface area (Å²) >= 11 is 0. The zero-order valence-corrected chi connectivity index (χ0v) is 12.9. The number of ether oxygens (including phenoxy) is 1. The van der Waals surface area contributed by atoms with Gasteiger partial charge in [-0.2, -0.15) is 0 Å². The Morgan fingerprint density at radius 3 is 2.10 bits per heavy atom. The first-order valence-electron chi connectivity index (χ1n) is 7.34. The van der Waals surface area contributed by atoms with E-state index in [0.717, 1.165) is 17.7 Å². The van der Waals surface area contributed by atoms with Crippen LogP contribution in [0.5, 0.6) is 5.75 Å². The third-order valence-corrected chi connectivity index (χ3v) is 3.46. The van der Waals surface area contributed by atoms with Gasteiger partial charge in [0.2, 0.25) is 0 Å². The molecule has 0 fully saturated rings. The van der Waals surface area contributed by atoms with Crippen LogP contribution in [0.2, 0.25) is 0 Å². The molecule has 0 saturated carbocycles. The molecule has 0 spiro atoms. The van der Waals surface area contributed by atoms with Crippen LogP contribution in [0, 0.1) is 5.92 Å². The highest BCUT2D eigenvalue weighted by Gasteiger charge is 2.26. The Morgan fingerprint density at radius 1 is 1.05 bits per heavy atom. The van der Waals surface area contributed by atoms with Gasteiger partial charge in [0.05, 0.1) is 32.0 Å². The van der Waals surface area contributed by atoms with Crippen molar-refractivity contribution in [3.8, 4) is 5.75 Å². The maximum atomic E-state index is 9.24. The molecule has 4 N–H and O–H groups in total. The van der Waals surface area contributed by atoms with Crippen LogP contribution in [0.3, 0.4) is 0 Å². The first-order valence-corrected chi connectivity index (χ1v) is 7.34. The summed E-state index contributed by atoms with van der Waals surface area (Å²) in [6.07, 6.45) is 1.02. The number of hydrogen-bond acceptors (Lipinski definition) is 5. The Balaban J connectivity index is 2.47. The van der Waals surface area contributed by atoms with Gasteiger partial charge in [0.1, 0.15) is 5.75 Å². The average molecular weight is 297 g/mol. The quantitative estimate of drug-likeness (QED) is 0.516. The van der Waals surface area contributed by atoms with Crippen LogP contribution >= 0.6 is 0 Å². The van der Waals surface area contributed by atoms with Crippen LogP contribution in [-0.4, -0.2) is 47.3 Å². The number of aliphatic hydroxyl groups excluding tert-OH is 3. The fourth-order valence-corrected chi connectivity index (χ4v) is 1.72. The minimum absolute atomic E-state index is 0.323. The number of benzene rings is 1. The van der Waals surface area contributed by atoms with Gasteiger partial charge >= 0.3 is 0 Å². The van der Waals surface area contributed by atoms with E-state index in [1.54, 1.807) is 0 Å². The highest BCUT2D eigenvalue weighted by Crippen LogP contribution is 2.14. The Kier molecular flexibility index (Phi) is 7.67. The fourth-order valence-electron chi connectivity index (χ4n) is 1.72. The summed E-state index contributed by atoms with van der Waals surface area (Å²) in [5.41, 5.74) is -0.0576. The predicted octanol–water partition coefficient (Wildman–Crippen LogP) is 0.917. The van der Waals surface area contributed by atoms with Gasteiger partial charge in [-0.1, -0.05) is 26.0 Å². The molecule has 5 nitrogen and oxygen atoms in total. The van der Waals surface area contributed by atoms with E-state index in [2.05, 4.69) is 19.2 Å². The second-order valence-electron chi connectivity index (χ2n) is 5.78. The van der Waals surface area contributed by atoms with Crippen molar-refractivity contribution in [2.45, 2.75) is 32.4 Å². The normalized spacial score (nSPS) is 11.9. The third kappa shape index (κ3) is 6.01. The zero-order valence-electron chi connectivity index (χ0n) is 12.9. The molecule has 0 aliphatic rings. The number of nitrogens with one attached hydrogen (secondary N) is 1. The maximum Gasteiger partial charge on any atom is 0.119 e. The van der Waals surface area contributed by atoms with Gasteiger partial charge in [0.15, 0.2) is 0 Å². The second kappa shape index (κ2) is 9.00. The molecule has 0 aliphatic carbocycles. The van der Waals surface area contributed by atoms with Crippen LogP contribution < -0.4 is 10.1 Å². The smallest absolute Gasteiger partial charge is 0.119 e. The molecule has 0 bridgehead atoms. The minimum atomic E-state index is -1.05. The molecular formula is C16H27NO4. The van der Waals surface area contributed by atoms with Crippen molar-refractivity contribution in [1.29, 1.82) is 0 Å². The van der Waals surface area contributed by atoms with Crippen molar-refractivity contribution in [1.82, 2.24) is 5.32 Å². The van der Waals surface area contributed by atoms with Crippen LogP contribution in [0.25, 0.3) is 0 Å². The molecule has 0 atom stereocenters. The van der Waals surface area contributed by atoms with E-state index in [4.69, 9.17) is 4.74 Å². The SMILES string of the molecule is CC(C)CCOc1ccc(CNC(CO)(CO)CO)cc1. The van der Waals surface area contributed by atoms with Gasteiger partial charge in [-0.15, -0.1) is 0 Å². The van der Waals surface area contributed by atoms with Crippen LogP contribution in [-0.2, 0) is 6.54 Å². The maximum absolute atomic E-state index is 9.24. The van der Waals surface area contributed by atoms with Gasteiger partial charge in [-0.25, -0.2) is 0 Å². The molecule has 21 heavy (non-hydrogen) atoms. The summed E-state index contributed by atoms with van der Waals surface area (Å²) in [6.45, 7) is 4.51. The van der Waals surface area contributed by atoms with Crippen LogP contribution in [0.4, 0.5) is 0 Å². The summed E-state index contributed by atoms with van der Waals surface area (Å²) in [4.78, 5) is 0. The standard InChI is InChI=1S/C16H27NO4/c1-13(2)7-8-21-15-5-3-14(4-6-15)9-17-16(10-18,11-19)12-20/h3-6,13,17-20H,7-12H2,1-2H3. The van der Waals surface area contributed by atoms with E-state index in [-0.39, 0.29) is 19.8 Å². The molecule has 1 aromatic rings. The van der Waals surface area contributed by atoms with Crippen LogP contribution in [0.15, 0.2) is 24.3 Å². The topological polar surface area (TPSA) is 82.0 Å². The Labute approximate surface area is 126 Å². The van der Waals surface area contributed by atoms with E-state index >= 15 is 0 Å². The van der Waals surface area contributed by atoms with E-state index in [1.807, 2.05) is 24.3 Å². The molecule has 1 rings (SSSR count). The largest absolute Gasteiger partial charge is 0.494 e. The van der Waals surface area contributed by atoms with E-state index < -0.39 is 5.54 Å². The molecule has 0 amide bonds. The lowest BCUT2D eigenvalue weighted by Gasteiger charge is -2.28. The third-order valence-electron chi connectivity index (χ3n) is 3.46. The van der Waals surface area contributed by atoms with E-state index in [9.17, 15) is 15.3 Å². The molecule has 0 heterocycles. The molecule has 1 aromatic carbocycles. The molecular weight excluding hydrogens is 270 g/mol. The van der Waals surface area contributed by atoms with Gasteiger partial charge < -0.3 is 25.4 Å². The summed E-state index contributed by atoms with van der Waals surface area (Å²) in [5, 5.41) is 30.7. The summed E-state index contributed by atoms with van der Waals surface area (Å²) in [7, 11) is 0. The second-order valence-corrected chi connectivity index (χ2v) is 5.78. The molecule has 0 aromatic heterocycles. The first-order chi connectivity index (χ1) is 10.0. The number of rotatable bonds is 10. The van der Waals surface area contributed by atoms with Crippen LogP contribution in [0.1, 0.15) is 25.8 Å². The molecule has 0 radical (unpaired) electrons. The summed E-state index contributed by atoms with van der Waals surface area (Å²) in [6, 6.07) is 7.65. The summed E-state index contributed by atoms with van der Waals surface area (Å²) < 4.78 is 5.64. The van der Waals surface area contributed by atoms with Crippen molar-refractivity contribution >= 4 is 0 Å². The van der Waals surface area contributed by atoms with Gasteiger partial charge in [-0.3, -0.25) is 0 Å². The molecule has 0 aliphatic heterocycles. The minimum Gasteiger partial charge on any atom is -0.494 e. The Morgan fingerprint density at radius 2 is 1.62 bits per heavy atom. The average Bonchev–Trinajstić information content (AvgIpc) is 2.50. The Bertz CT molecular complexity index is 380. The number of aliphatic hydroxyl groups is 3. The van der Waals surface area contributed by atoms with Crippen molar-refractivity contribution < 1.29 is 20.1 Å². The lowest BCUT2D eigenvalue weighted by atomic mass is 10.0. The fraction of sp³-hybridized carbons (Fsp3) is 0.625. The highest BCUT2D eigenvalue weighted by atomic mass is 16.5. The predicted molar refractivity (Wildman–Crippen MR) is 82.2 cm³/mol. The zero-order chi connectivity index (χ0) is 15.7. The molecule has 120 valence electrons. The van der Waals surface area contributed by atoms with Crippen molar-refractivity contribution in [2.75, 3.05) is 26.4 Å². The molecule has 0 saturated heterocycles. The molecule has 0 unspecified atom stereocenters. The lowest BCUT2D eigenvalue weighted by Crippen LogP contribution is -2.54. The van der Waals surface area contributed by atoms with E-state index in [1.165, 1.54) is 0 Å².